The van der Waals surface area contributed by atoms with Crippen LogP contribution in [0.4, 0.5) is 0 Å². The summed E-state index contributed by atoms with van der Waals surface area (Å²) in [6, 6.07) is 0. The number of hydrogen-bond donors (Lipinski definition) is 3. The molecule has 6 saturated carbocycles. The Labute approximate surface area is 139 Å². The minimum absolute atomic E-state index is 0.0750. The van der Waals surface area contributed by atoms with Crippen molar-refractivity contribution in [2.24, 2.45) is 45.3 Å². The molecule has 4 bridgehead atoms. The lowest BCUT2D eigenvalue weighted by molar-refractivity contribution is -0.222. The minimum atomic E-state index is -0.679. The van der Waals surface area contributed by atoms with Crippen LogP contribution in [0, 0.1) is 45.3 Å². The fraction of sp³-hybridized carbons (Fsp3) is 1.00. The van der Waals surface area contributed by atoms with E-state index >= 15 is 0 Å². The molecule has 0 amide bonds. The molecule has 3 N–H and O–H groups in total. The quantitative estimate of drug-likeness (QED) is 0.733. The van der Waals surface area contributed by atoms with Gasteiger partial charge in [-0.1, -0.05) is 13.8 Å². The minimum Gasteiger partial charge on any atom is -0.396 e. The lowest BCUT2D eigenvalue weighted by Crippen LogP contribution is -2.64. The van der Waals surface area contributed by atoms with Crippen LogP contribution in [0.15, 0.2) is 0 Å². The maximum absolute atomic E-state index is 10.6. The highest BCUT2D eigenvalue weighted by Gasteiger charge is 2.78. The van der Waals surface area contributed by atoms with Gasteiger partial charge in [0.15, 0.2) is 0 Å². The molecule has 0 radical (unpaired) electrons. The molecule has 6 aliphatic rings. The fourth-order valence-electron chi connectivity index (χ4n) is 8.95. The summed E-state index contributed by atoms with van der Waals surface area (Å²) in [6.07, 6.45) is 7.84. The number of hydrogen-bond acceptors (Lipinski definition) is 3. The lowest BCUT2D eigenvalue weighted by Gasteiger charge is -2.66. The Balaban J connectivity index is 1.55. The second-order valence-electron chi connectivity index (χ2n) is 10.5. The van der Waals surface area contributed by atoms with Crippen LogP contribution < -0.4 is 0 Å². The molecule has 8 atom stereocenters. The summed E-state index contributed by atoms with van der Waals surface area (Å²) in [5.74, 6) is 2.95. The van der Waals surface area contributed by atoms with E-state index < -0.39 is 11.5 Å². The van der Waals surface area contributed by atoms with Crippen molar-refractivity contribution in [3.05, 3.63) is 0 Å². The highest BCUT2D eigenvalue weighted by Crippen LogP contribution is 2.85. The van der Waals surface area contributed by atoms with Crippen LogP contribution >= 0.6 is 0 Å². The van der Waals surface area contributed by atoms with Crippen molar-refractivity contribution in [3.63, 3.8) is 0 Å². The molecule has 8 unspecified atom stereocenters. The molecule has 0 aliphatic heterocycles. The van der Waals surface area contributed by atoms with Gasteiger partial charge < -0.3 is 15.3 Å². The zero-order valence-corrected chi connectivity index (χ0v) is 14.6. The molecule has 6 rings (SSSR count). The molecule has 3 nitrogen and oxygen atoms in total. The first kappa shape index (κ1) is 15.2. The van der Waals surface area contributed by atoms with Crippen LogP contribution in [0.3, 0.4) is 0 Å². The second-order valence-corrected chi connectivity index (χ2v) is 10.5. The van der Waals surface area contributed by atoms with Gasteiger partial charge in [-0.05, 0) is 84.9 Å². The maximum Gasteiger partial charge on any atom is 0.0643 e. The van der Waals surface area contributed by atoms with Crippen molar-refractivity contribution in [1.82, 2.24) is 0 Å². The predicted molar refractivity (Wildman–Crippen MR) is 87.5 cm³/mol. The van der Waals surface area contributed by atoms with E-state index in [1.165, 1.54) is 25.7 Å². The van der Waals surface area contributed by atoms with E-state index in [2.05, 4.69) is 13.8 Å². The summed E-state index contributed by atoms with van der Waals surface area (Å²) in [5, 5.41) is 30.9. The summed E-state index contributed by atoms with van der Waals surface area (Å²) >= 11 is 0. The van der Waals surface area contributed by atoms with Crippen LogP contribution in [-0.4, -0.2) is 34.6 Å². The highest BCUT2D eigenvalue weighted by atomic mass is 16.3. The SMILES string of the molecule is CC12CC34CCC5C(C)(CCC(O)C5(CO)CO)C3CC1C2C4. The standard InChI is InChI=1S/C20H32O3/c1-17-5-4-16(23)20(10-21,11-22)14(17)3-6-19-8-13-12(7-15(17)19)18(13,2)9-19/h12-16,21-23H,3-11H2,1-2H3. The Morgan fingerprint density at radius 3 is 2.26 bits per heavy atom. The van der Waals surface area contributed by atoms with Crippen molar-refractivity contribution in [1.29, 1.82) is 0 Å². The third kappa shape index (κ3) is 1.46. The first-order chi connectivity index (χ1) is 10.9. The van der Waals surface area contributed by atoms with Crippen LogP contribution in [0.25, 0.3) is 0 Å². The molecular weight excluding hydrogens is 288 g/mol. The first-order valence-electron chi connectivity index (χ1n) is 9.76. The third-order valence-electron chi connectivity index (χ3n) is 10.1. The van der Waals surface area contributed by atoms with Crippen molar-refractivity contribution < 1.29 is 15.3 Å². The van der Waals surface area contributed by atoms with Crippen LogP contribution in [0.2, 0.25) is 0 Å². The summed E-state index contributed by atoms with van der Waals surface area (Å²) in [4.78, 5) is 0. The first-order valence-corrected chi connectivity index (χ1v) is 9.76. The Morgan fingerprint density at radius 1 is 0.913 bits per heavy atom. The molecule has 0 aromatic heterocycles. The lowest BCUT2D eigenvalue weighted by atomic mass is 9.39. The van der Waals surface area contributed by atoms with Gasteiger partial charge in [-0.25, -0.2) is 0 Å². The monoisotopic (exact) mass is 320 g/mol. The molecule has 130 valence electrons. The fourth-order valence-corrected chi connectivity index (χ4v) is 8.95. The van der Waals surface area contributed by atoms with Crippen LogP contribution in [0.1, 0.15) is 58.8 Å². The van der Waals surface area contributed by atoms with Crippen molar-refractivity contribution in [2.75, 3.05) is 13.2 Å². The van der Waals surface area contributed by atoms with Crippen molar-refractivity contribution >= 4 is 0 Å². The van der Waals surface area contributed by atoms with E-state index in [4.69, 9.17) is 0 Å². The zero-order valence-electron chi connectivity index (χ0n) is 14.6. The van der Waals surface area contributed by atoms with E-state index in [1.807, 2.05) is 0 Å². The smallest absolute Gasteiger partial charge is 0.0643 e. The molecule has 0 saturated heterocycles. The Kier molecular flexibility index (Phi) is 2.74. The van der Waals surface area contributed by atoms with E-state index in [-0.39, 0.29) is 24.5 Å². The molecule has 23 heavy (non-hydrogen) atoms. The Hall–Kier alpha value is -0.120. The molecule has 3 heteroatoms. The Bertz CT molecular complexity index is 543. The summed E-state index contributed by atoms with van der Waals surface area (Å²) in [5.41, 5.74) is 0.706. The van der Waals surface area contributed by atoms with E-state index in [9.17, 15) is 15.3 Å². The van der Waals surface area contributed by atoms with Gasteiger partial charge in [-0.15, -0.1) is 0 Å². The van der Waals surface area contributed by atoms with Crippen molar-refractivity contribution in [3.8, 4) is 0 Å². The molecule has 1 spiro atoms. The molecule has 6 aliphatic carbocycles. The van der Waals surface area contributed by atoms with Gasteiger partial charge in [0, 0.05) is 5.41 Å². The second kappa shape index (κ2) is 4.16. The summed E-state index contributed by atoms with van der Waals surface area (Å²) in [7, 11) is 0. The Morgan fingerprint density at radius 2 is 1.65 bits per heavy atom. The summed E-state index contributed by atoms with van der Waals surface area (Å²) < 4.78 is 0. The van der Waals surface area contributed by atoms with Gasteiger partial charge in [0.1, 0.15) is 0 Å². The largest absolute Gasteiger partial charge is 0.396 e. The number of rotatable bonds is 2. The average Bonchev–Trinajstić information content (AvgIpc) is 2.99. The van der Waals surface area contributed by atoms with E-state index in [0.717, 1.165) is 37.0 Å². The third-order valence-corrected chi connectivity index (χ3v) is 10.1. The van der Waals surface area contributed by atoms with Crippen molar-refractivity contribution in [2.45, 2.75) is 64.9 Å². The zero-order chi connectivity index (χ0) is 16.3. The van der Waals surface area contributed by atoms with Gasteiger partial charge in [0.2, 0.25) is 0 Å². The average molecular weight is 320 g/mol. The van der Waals surface area contributed by atoms with Crippen LogP contribution in [0.5, 0.6) is 0 Å². The summed E-state index contributed by atoms with van der Waals surface area (Å²) in [6.45, 7) is 4.81. The van der Waals surface area contributed by atoms with E-state index in [0.29, 0.717) is 10.8 Å². The highest BCUT2D eigenvalue weighted by molar-refractivity contribution is 5.27. The van der Waals surface area contributed by atoms with Gasteiger partial charge in [-0.3, -0.25) is 0 Å². The molecule has 0 heterocycles. The molecule has 0 aromatic carbocycles. The van der Waals surface area contributed by atoms with Gasteiger partial charge >= 0.3 is 0 Å². The number of fused-ring (bicyclic) bond motifs is 1. The molecular formula is C20H32O3. The number of aliphatic hydroxyl groups is 3. The van der Waals surface area contributed by atoms with Gasteiger partial charge in [0.05, 0.1) is 19.3 Å². The normalized spacial score (nSPS) is 61.7. The van der Waals surface area contributed by atoms with Gasteiger partial charge in [0.25, 0.3) is 0 Å². The maximum atomic E-state index is 10.6. The topological polar surface area (TPSA) is 60.7 Å². The molecule has 6 fully saturated rings. The van der Waals surface area contributed by atoms with Crippen LogP contribution in [-0.2, 0) is 0 Å². The molecule has 0 aromatic rings. The van der Waals surface area contributed by atoms with Gasteiger partial charge in [-0.2, -0.15) is 0 Å². The van der Waals surface area contributed by atoms with E-state index in [1.54, 1.807) is 0 Å². The predicted octanol–water partition coefficient (Wildman–Crippen LogP) is 2.58. The number of aliphatic hydroxyl groups excluding tert-OH is 3.